The summed E-state index contributed by atoms with van der Waals surface area (Å²) in [6.45, 7) is 3.92. The Balaban J connectivity index is 2.03. The van der Waals surface area contributed by atoms with Gasteiger partial charge in [-0.15, -0.1) is 0 Å². The van der Waals surface area contributed by atoms with Gasteiger partial charge in [0.1, 0.15) is 0 Å². The number of likely N-dealkylation sites (tertiary alicyclic amines) is 1. The number of benzene rings is 1. The van der Waals surface area contributed by atoms with Crippen molar-refractivity contribution in [2.45, 2.75) is 19.8 Å². The van der Waals surface area contributed by atoms with Gasteiger partial charge >= 0.3 is 6.03 Å². The van der Waals surface area contributed by atoms with Crippen molar-refractivity contribution in [3.63, 3.8) is 0 Å². The van der Waals surface area contributed by atoms with E-state index in [9.17, 15) is 4.79 Å². The molecule has 1 heterocycles. The van der Waals surface area contributed by atoms with E-state index in [-0.39, 0.29) is 6.03 Å². The number of halogens is 2. The first-order chi connectivity index (χ1) is 8.58. The molecule has 2 amide bonds. The molecule has 0 aromatic heterocycles. The van der Waals surface area contributed by atoms with Crippen molar-refractivity contribution in [2.24, 2.45) is 5.92 Å². The molecule has 0 unspecified atom stereocenters. The quantitative estimate of drug-likeness (QED) is 0.771. The van der Waals surface area contributed by atoms with Gasteiger partial charge in [-0.25, -0.2) is 4.79 Å². The molecule has 0 atom stereocenters. The molecule has 1 aliphatic rings. The molecule has 0 saturated carbocycles. The molecule has 5 heteroatoms. The first kappa shape index (κ1) is 13.9. The van der Waals surface area contributed by atoms with Crippen LogP contribution in [-0.2, 0) is 0 Å². The topological polar surface area (TPSA) is 32.3 Å². The highest BCUT2D eigenvalue weighted by molar-refractivity contribution is 9.11. The summed E-state index contributed by atoms with van der Waals surface area (Å²) in [5.74, 6) is 0.726. The molecule has 1 fully saturated rings. The highest BCUT2D eigenvalue weighted by Crippen LogP contribution is 2.31. The molecular weight excluding hydrogens is 360 g/mol. The minimum absolute atomic E-state index is 0.0190. The van der Waals surface area contributed by atoms with E-state index in [1.54, 1.807) is 0 Å². The first-order valence-electron chi connectivity index (χ1n) is 6.08. The maximum absolute atomic E-state index is 12.2. The van der Waals surface area contributed by atoms with Crippen molar-refractivity contribution in [2.75, 3.05) is 18.4 Å². The summed E-state index contributed by atoms with van der Waals surface area (Å²) in [5.41, 5.74) is 0.793. The Morgan fingerprint density at radius 1 is 1.28 bits per heavy atom. The fraction of sp³-hybridized carbons (Fsp3) is 0.462. The van der Waals surface area contributed by atoms with Gasteiger partial charge in [-0.05, 0) is 62.8 Å². The predicted molar refractivity (Wildman–Crippen MR) is 80.8 cm³/mol. The molecule has 2 rings (SSSR count). The number of hydrogen-bond acceptors (Lipinski definition) is 1. The van der Waals surface area contributed by atoms with E-state index in [1.807, 2.05) is 23.1 Å². The van der Waals surface area contributed by atoms with E-state index in [0.29, 0.717) is 0 Å². The van der Waals surface area contributed by atoms with Gasteiger partial charge in [0.2, 0.25) is 0 Å². The number of nitrogens with one attached hydrogen (secondary N) is 1. The van der Waals surface area contributed by atoms with E-state index in [0.717, 1.165) is 46.5 Å². The third-order valence-corrected chi connectivity index (χ3v) is 4.59. The SMILES string of the molecule is CC1CCN(C(=O)Nc2c(Br)cccc2Br)CC1. The molecule has 98 valence electrons. The maximum Gasteiger partial charge on any atom is 0.321 e. The van der Waals surface area contributed by atoms with E-state index in [4.69, 9.17) is 0 Å². The van der Waals surface area contributed by atoms with E-state index < -0.39 is 0 Å². The number of carbonyl (C=O) groups is 1. The highest BCUT2D eigenvalue weighted by atomic mass is 79.9. The zero-order valence-corrected chi connectivity index (χ0v) is 13.4. The highest BCUT2D eigenvalue weighted by Gasteiger charge is 2.21. The number of amides is 2. The van der Waals surface area contributed by atoms with Crippen LogP contribution in [0.1, 0.15) is 19.8 Å². The van der Waals surface area contributed by atoms with Crippen LogP contribution >= 0.6 is 31.9 Å². The largest absolute Gasteiger partial charge is 0.325 e. The van der Waals surface area contributed by atoms with Crippen LogP contribution in [0, 0.1) is 5.92 Å². The lowest BCUT2D eigenvalue weighted by Gasteiger charge is -2.30. The number of para-hydroxylation sites is 1. The normalized spacial score (nSPS) is 16.7. The van der Waals surface area contributed by atoms with Gasteiger partial charge in [-0.2, -0.15) is 0 Å². The summed E-state index contributed by atoms with van der Waals surface area (Å²) in [6.07, 6.45) is 2.18. The van der Waals surface area contributed by atoms with Crippen molar-refractivity contribution in [1.82, 2.24) is 4.90 Å². The fourth-order valence-electron chi connectivity index (χ4n) is 2.01. The second-order valence-corrected chi connectivity index (χ2v) is 6.41. The summed E-state index contributed by atoms with van der Waals surface area (Å²) >= 11 is 6.89. The molecule has 0 bridgehead atoms. The molecule has 1 N–H and O–H groups in total. The number of piperidine rings is 1. The molecule has 0 aliphatic carbocycles. The molecule has 1 aromatic carbocycles. The second-order valence-electron chi connectivity index (χ2n) is 4.70. The van der Waals surface area contributed by atoms with Crippen molar-refractivity contribution in [1.29, 1.82) is 0 Å². The Labute approximate surface area is 124 Å². The van der Waals surface area contributed by atoms with Crippen LogP contribution in [-0.4, -0.2) is 24.0 Å². The van der Waals surface area contributed by atoms with Gasteiger partial charge in [0.05, 0.1) is 5.69 Å². The van der Waals surface area contributed by atoms with Crippen molar-refractivity contribution < 1.29 is 4.79 Å². The van der Waals surface area contributed by atoms with Gasteiger partial charge in [-0.1, -0.05) is 13.0 Å². The minimum atomic E-state index is -0.0190. The lowest BCUT2D eigenvalue weighted by atomic mass is 10.00. The van der Waals surface area contributed by atoms with Gasteiger partial charge in [-0.3, -0.25) is 0 Å². The Morgan fingerprint density at radius 2 is 1.83 bits per heavy atom. The molecule has 18 heavy (non-hydrogen) atoms. The first-order valence-corrected chi connectivity index (χ1v) is 7.66. The Morgan fingerprint density at radius 3 is 2.39 bits per heavy atom. The van der Waals surface area contributed by atoms with Crippen molar-refractivity contribution in [3.05, 3.63) is 27.1 Å². The zero-order chi connectivity index (χ0) is 13.1. The van der Waals surface area contributed by atoms with Gasteiger partial charge < -0.3 is 10.2 Å². The minimum Gasteiger partial charge on any atom is -0.325 e. The molecule has 1 aromatic rings. The zero-order valence-electron chi connectivity index (χ0n) is 10.2. The number of anilines is 1. The van der Waals surface area contributed by atoms with E-state index >= 15 is 0 Å². The van der Waals surface area contributed by atoms with Gasteiger partial charge in [0.25, 0.3) is 0 Å². The Bertz CT molecular complexity index is 422. The maximum atomic E-state index is 12.2. The summed E-state index contributed by atoms with van der Waals surface area (Å²) < 4.78 is 1.77. The predicted octanol–water partition coefficient (Wildman–Crippen LogP) is 4.48. The third-order valence-electron chi connectivity index (χ3n) is 3.27. The van der Waals surface area contributed by atoms with Crippen LogP contribution in [0.25, 0.3) is 0 Å². The Kier molecular flexibility index (Phi) is 4.67. The lowest BCUT2D eigenvalue weighted by molar-refractivity contribution is 0.186. The summed E-state index contributed by atoms with van der Waals surface area (Å²) in [6, 6.07) is 5.73. The van der Waals surface area contributed by atoms with Crippen LogP contribution in [0.3, 0.4) is 0 Å². The third kappa shape index (κ3) is 3.26. The van der Waals surface area contributed by atoms with E-state index in [2.05, 4.69) is 44.1 Å². The Hall–Kier alpha value is -0.550. The molecular formula is C13H16Br2N2O. The summed E-state index contributed by atoms with van der Waals surface area (Å²) in [5, 5.41) is 2.96. The monoisotopic (exact) mass is 374 g/mol. The standard InChI is InChI=1S/C13H16Br2N2O/c1-9-5-7-17(8-6-9)13(18)16-12-10(14)3-2-4-11(12)15/h2-4,9H,5-8H2,1H3,(H,16,18). The summed E-state index contributed by atoms with van der Waals surface area (Å²) in [7, 11) is 0. The average molecular weight is 376 g/mol. The summed E-state index contributed by atoms with van der Waals surface area (Å²) in [4.78, 5) is 14.0. The van der Waals surface area contributed by atoms with Gasteiger partial charge in [0.15, 0.2) is 0 Å². The molecule has 0 radical (unpaired) electrons. The number of urea groups is 1. The molecule has 1 saturated heterocycles. The van der Waals surface area contributed by atoms with Crippen LogP contribution in [0.15, 0.2) is 27.1 Å². The molecule has 0 spiro atoms. The fourth-order valence-corrected chi connectivity index (χ4v) is 3.21. The van der Waals surface area contributed by atoms with Crippen LogP contribution in [0.5, 0.6) is 0 Å². The number of hydrogen-bond donors (Lipinski definition) is 1. The van der Waals surface area contributed by atoms with Crippen molar-refractivity contribution in [3.8, 4) is 0 Å². The molecule has 1 aliphatic heterocycles. The lowest BCUT2D eigenvalue weighted by Crippen LogP contribution is -2.40. The average Bonchev–Trinajstić information content (AvgIpc) is 2.34. The van der Waals surface area contributed by atoms with E-state index in [1.165, 1.54) is 0 Å². The number of carbonyl (C=O) groups excluding carboxylic acids is 1. The second kappa shape index (κ2) is 6.06. The van der Waals surface area contributed by atoms with Crippen LogP contribution in [0.4, 0.5) is 10.5 Å². The number of nitrogens with zero attached hydrogens (tertiary/aromatic N) is 1. The molecule has 3 nitrogen and oxygen atoms in total. The van der Waals surface area contributed by atoms with Crippen LogP contribution < -0.4 is 5.32 Å². The van der Waals surface area contributed by atoms with Gasteiger partial charge in [0, 0.05) is 22.0 Å². The smallest absolute Gasteiger partial charge is 0.321 e. The van der Waals surface area contributed by atoms with Crippen LogP contribution in [0.2, 0.25) is 0 Å². The number of rotatable bonds is 1. The van der Waals surface area contributed by atoms with Crippen molar-refractivity contribution >= 4 is 43.6 Å².